The van der Waals surface area contributed by atoms with Crippen LogP contribution in [0.5, 0.6) is 0 Å². The van der Waals surface area contributed by atoms with Gasteiger partial charge in [-0.3, -0.25) is 4.79 Å². The highest BCUT2D eigenvalue weighted by Gasteiger charge is 2.74. The number of allylic oxidation sites excluding steroid dienone is 2. The highest BCUT2D eigenvalue weighted by molar-refractivity contribution is 5.69. The largest absolute Gasteiger partial charge is 0.462 e. The lowest BCUT2D eigenvalue weighted by atomic mass is 9.42. The molecule has 0 N–H and O–H groups in total. The molecule has 3 saturated carbocycles. The molecule has 6 aliphatic rings. The molecule has 1 saturated heterocycles. The average molecular weight is 695 g/mol. The molecule has 4 heteroatoms. The number of carbonyl (C=O) groups excluding carboxylic acids is 1. The van der Waals surface area contributed by atoms with Gasteiger partial charge in [0.15, 0.2) is 0 Å². The van der Waals surface area contributed by atoms with Gasteiger partial charge < -0.3 is 4.74 Å². The van der Waals surface area contributed by atoms with Crippen LogP contribution in [0.3, 0.4) is 0 Å². The Kier molecular flexibility index (Phi) is 14.3. The zero-order valence-electron chi connectivity index (χ0n) is 33.7. The third kappa shape index (κ3) is 8.32. The van der Waals surface area contributed by atoms with Crippen molar-refractivity contribution >= 4 is 5.97 Å². The molecule has 0 radical (unpaired) electrons. The van der Waals surface area contributed by atoms with E-state index in [2.05, 4.69) is 72.8 Å². The summed E-state index contributed by atoms with van der Waals surface area (Å²) in [5, 5.41) is 0. The standard InChI is InChI=1S/C46H78O4/c1-8-10-11-12-13-14-15-16-17-18-19-20-21-22-23-42(47)48-38-28-31-44(7)41-29-30-43(6)39(36(5)24-25-37(9-2)35(3)4)26-27-40(43)46(41)33-32-45(44,34-38)49-50-46/h24-25,32-33,35-41H,8-23,26-31,34H2,1-7H3. The molecule has 10 unspecified atom stereocenters. The van der Waals surface area contributed by atoms with Crippen molar-refractivity contribution in [2.75, 3.05) is 0 Å². The first-order chi connectivity index (χ1) is 24.0. The molecule has 50 heavy (non-hydrogen) atoms. The summed E-state index contributed by atoms with van der Waals surface area (Å²) in [7, 11) is 0. The van der Waals surface area contributed by atoms with Crippen LogP contribution in [0.15, 0.2) is 24.3 Å². The molecule has 2 heterocycles. The zero-order valence-corrected chi connectivity index (χ0v) is 33.7. The van der Waals surface area contributed by atoms with Gasteiger partial charge in [-0.15, -0.1) is 0 Å². The summed E-state index contributed by atoms with van der Waals surface area (Å²) in [5.41, 5.74) is -0.566. The number of carbonyl (C=O) groups is 1. The SMILES string of the molecule is CCCCCCCCCCCCCCCCC(=O)OC1CCC2(C)C3CCC4(C)C(C(C)C=CC(CC)C(C)C)CCC4C34C=CC2(C1)OO4. The van der Waals surface area contributed by atoms with Gasteiger partial charge in [0.25, 0.3) is 0 Å². The minimum atomic E-state index is -0.495. The van der Waals surface area contributed by atoms with Crippen molar-refractivity contribution in [3.8, 4) is 0 Å². The van der Waals surface area contributed by atoms with Crippen molar-refractivity contribution in [1.82, 2.24) is 0 Å². The van der Waals surface area contributed by atoms with Gasteiger partial charge in [0, 0.05) is 30.1 Å². The lowest BCUT2D eigenvalue weighted by Crippen LogP contribution is -2.73. The van der Waals surface area contributed by atoms with E-state index in [1.165, 1.54) is 109 Å². The molecule has 4 nitrogen and oxygen atoms in total. The van der Waals surface area contributed by atoms with Crippen LogP contribution in [-0.2, 0) is 19.3 Å². The first-order valence-electron chi connectivity index (χ1n) is 22.0. The quantitative estimate of drug-likeness (QED) is 0.0519. The van der Waals surface area contributed by atoms with Crippen LogP contribution in [-0.4, -0.2) is 23.3 Å². The fraction of sp³-hybridized carbons (Fsp3) is 0.891. The van der Waals surface area contributed by atoms with E-state index < -0.39 is 5.60 Å². The number of unbranched alkanes of at least 4 members (excludes halogenated alkanes) is 13. The second kappa shape index (κ2) is 17.8. The maximum absolute atomic E-state index is 13.0. The average Bonchev–Trinajstić information content (AvgIpc) is 3.46. The van der Waals surface area contributed by atoms with Crippen LogP contribution < -0.4 is 0 Å². The van der Waals surface area contributed by atoms with Gasteiger partial charge >= 0.3 is 5.97 Å². The van der Waals surface area contributed by atoms with Crippen LogP contribution in [0.25, 0.3) is 0 Å². The minimum absolute atomic E-state index is 0.00802. The first-order valence-corrected chi connectivity index (χ1v) is 22.0. The first kappa shape index (κ1) is 40.1. The maximum Gasteiger partial charge on any atom is 0.306 e. The van der Waals surface area contributed by atoms with Crippen LogP contribution in [0, 0.1) is 46.3 Å². The Bertz CT molecular complexity index is 1130. The van der Waals surface area contributed by atoms with Crippen LogP contribution in [0.4, 0.5) is 0 Å². The van der Waals surface area contributed by atoms with Crippen molar-refractivity contribution in [2.24, 2.45) is 46.3 Å². The molecule has 286 valence electrons. The summed E-state index contributed by atoms with van der Waals surface area (Å²) >= 11 is 0. The molecule has 0 aromatic heterocycles. The molecular weight excluding hydrogens is 617 g/mol. The lowest BCUT2D eigenvalue weighted by molar-refractivity contribution is -0.497. The maximum atomic E-state index is 13.0. The summed E-state index contributed by atoms with van der Waals surface area (Å²) in [6, 6.07) is 0. The smallest absolute Gasteiger partial charge is 0.306 e. The van der Waals surface area contributed by atoms with Gasteiger partial charge in [0.2, 0.25) is 0 Å². The van der Waals surface area contributed by atoms with E-state index in [0.717, 1.165) is 32.1 Å². The number of fused-ring (bicyclic) bond motifs is 2. The van der Waals surface area contributed by atoms with Crippen LogP contribution in [0.1, 0.15) is 196 Å². The Morgan fingerprint density at radius 1 is 0.760 bits per heavy atom. The number of hydrogen-bond donors (Lipinski definition) is 0. The molecule has 2 spiro atoms. The summed E-state index contributed by atoms with van der Waals surface area (Å²) in [6.07, 6.45) is 37.8. The predicted molar refractivity (Wildman–Crippen MR) is 208 cm³/mol. The van der Waals surface area contributed by atoms with E-state index >= 15 is 0 Å². The monoisotopic (exact) mass is 695 g/mol. The molecule has 0 aromatic rings. The molecule has 6 rings (SSSR count). The molecular formula is C46H78O4. The zero-order chi connectivity index (χ0) is 35.8. The Morgan fingerprint density at radius 2 is 1.40 bits per heavy atom. The highest BCUT2D eigenvalue weighted by Crippen LogP contribution is 2.73. The van der Waals surface area contributed by atoms with E-state index in [9.17, 15) is 4.79 Å². The van der Waals surface area contributed by atoms with Gasteiger partial charge in [-0.25, -0.2) is 9.78 Å². The summed E-state index contributed by atoms with van der Waals surface area (Å²) in [6.45, 7) is 16.8. The molecule has 10 atom stereocenters. The Balaban J connectivity index is 1.06. The van der Waals surface area contributed by atoms with E-state index in [1.807, 2.05) is 0 Å². The van der Waals surface area contributed by atoms with Crippen LogP contribution in [0.2, 0.25) is 0 Å². The van der Waals surface area contributed by atoms with E-state index in [-0.39, 0.29) is 28.5 Å². The fourth-order valence-corrected chi connectivity index (χ4v) is 12.1. The summed E-state index contributed by atoms with van der Waals surface area (Å²) < 4.78 is 6.15. The Morgan fingerprint density at radius 3 is 1.98 bits per heavy atom. The van der Waals surface area contributed by atoms with Gasteiger partial charge in [-0.1, -0.05) is 150 Å². The Hall–Kier alpha value is -1.13. The van der Waals surface area contributed by atoms with Crippen molar-refractivity contribution in [3.63, 3.8) is 0 Å². The molecule has 0 amide bonds. The molecule has 4 fully saturated rings. The third-order valence-electron chi connectivity index (χ3n) is 15.3. The molecule has 2 aliphatic heterocycles. The molecule has 4 aliphatic carbocycles. The number of rotatable bonds is 21. The summed E-state index contributed by atoms with van der Waals surface area (Å²) in [4.78, 5) is 26.3. The van der Waals surface area contributed by atoms with Crippen molar-refractivity contribution < 1.29 is 19.3 Å². The van der Waals surface area contributed by atoms with Gasteiger partial charge in [0.05, 0.1) is 0 Å². The normalized spacial score (nSPS) is 37.1. The fourth-order valence-electron chi connectivity index (χ4n) is 12.1. The Labute approximate surface area is 308 Å². The second-order valence-corrected chi connectivity index (χ2v) is 18.8. The van der Waals surface area contributed by atoms with E-state index in [4.69, 9.17) is 14.5 Å². The summed E-state index contributed by atoms with van der Waals surface area (Å²) in [5.74, 6) is 3.53. The van der Waals surface area contributed by atoms with Crippen molar-refractivity contribution in [3.05, 3.63) is 24.3 Å². The van der Waals surface area contributed by atoms with Gasteiger partial charge in [-0.05, 0) is 86.5 Å². The van der Waals surface area contributed by atoms with Crippen molar-refractivity contribution in [2.45, 2.75) is 213 Å². The van der Waals surface area contributed by atoms with Gasteiger partial charge in [-0.2, -0.15) is 0 Å². The minimum Gasteiger partial charge on any atom is -0.462 e. The molecule has 0 aromatic carbocycles. The third-order valence-corrected chi connectivity index (χ3v) is 15.3. The van der Waals surface area contributed by atoms with E-state index in [0.29, 0.717) is 41.9 Å². The highest BCUT2D eigenvalue weighted by atomic mass is 17.2. The van der Waals surface area contributed by atoms with Crippen molar-refractivity contribution in [1.29, 1.82) is 0 Å². The molecule has 2 bridgehead atoms. The van der Waals surface area contributed by atoms with E-state index in [1.54, 1.807) is 0 Å². The van der Waals surface area contributed by atoms with Gasteiger partial charge in [0.1, 0.15) is 17.3 Å². The van der Waals surface area contributed by atoms with Crippen LogP contribution >= 0.6 is 0 Å². The number of esters is 1. The predicted octanol–water partition coefficient (Wildman–Crippen LogP) is 13.3. The number of ether oxygens (including phenoxy) is 1. The number of hydrogen-bond acceptors (Lipinski definition) is 4. The lowest BCUT2D eigenvalue weighted by Gasteiger charge is -2.69. The topological polar surface area (TPSA) is 44.8 Å². The second-order valence-electron chi connectivity index (χ2n) is 18.8.